The topological polar surface area (TPSA) is 47.4 Å². The minimum atomic E-state index is -1.14. The van der Waals surface area contributed by atoms with Crippen molar-refractivity contribution >= 4 is 20.9 Å². The van der Waals surface area contributed by atoms with Crippen molar-refractivity contribution in [3.63, 3.8) is 0 Å². The lowest BCUT2D eigenvalue weighted by Crippen LogP contribution is -2.12. The molecule has 0 radical (unpaired) electrons. The maximum absolute atomic E-state index is 5.98. The standard InChI is InChI=1S/C15H19N3OSi/c1-12-5-4-6-14(15(12)19-20(2)3)18-8-7-13-11-16-9-10-17-13/h4-6,8-11,20H,7H2,1-3H3. The molecule has 2 aromatic rings. The van der Waals surface area contributed by atoms with E-state index in [1.165, 1.54) is 0 Å². The molecule has 104 valence electrons. The van der Waals surface area contributed by atoms with Crippen LogP contribution in [0, 0.1) is 6.92 Å². The van der Waals surface area contributed by atoms with Crippen LogP contribution in [0.5, 0.6) is 5.75 Å². The number of aromatic nitrogens is 2. The number of aryl methyl sites for hydroxylation is 1. The second-order valence-electron chi connectivity index (χ2n) is 4.80. The maximum Gasteiger partial charge on any atom is 0.229 e. The van der Waals surface area contributed by atoms with Crippen LogP contribution in [0.25, 0.3) is 0 Å². The highest BCUT2D eigenvalue weighted by atomic mass is 28.3. The van der Waals surface area contributed by atoms with Crippen LogP contribution in [-0.2, 0) is 6.42 Å². The van der Waals surface area contributed by atoms with E-state index in [0.29, 0.717) is 6.42 Å². The average molecular weight is 285 g/mol. The number of nitrogens with zero attached hydrogens (tertiary/aromatic N) is 3. The first-order valence-corrected chi connectivity index (χ1v) is 9.48. The van der Waals surface area contributed by atoms with Crippen molar-refractivity contribution in [1.82, 2.24) is 9.97 Å². The first-order valence-electron chi connectivity index (χ1n) is 6.70. The van der Waals surface area contributed by atoms with E-state index in [0.717, 1.165) is 22.7 Å². The van der Waals surface area contributed by atoms with E-state index in [4.69, 9.17) is 4.43 Å². The number of hydrogen-bond donors (Lipinski definition) is 0. The van der Waals surface area contributed by atoms with Gasteiger partial charge in [-0.2, -0.15) is 0 Å². The lowest BCUT2D eigenvalue weighted by Gasteiger charge is -2.14. The summed E-state index contributed by atoms with van der Waals surface area (Å²) in [6.07, 6.45) is 7.63. The van der Waals surface area contributed by atoms with E-state index < -0.39 is 9.04 Å². The zero-order valence-electron chi connectivity index (χ0n) is 12.1. The lowest BCUT2D eigenvalue weighted by molar-refractivity contribution is 0.577. The minimum absolute atomic E-state index is 0.667. The van der Waals surface area contributed by atoms with Crippen LogP contribution in [0.1, 0.15) is 11.3 Å². The summed E-state index contributed by atoms with van der Waals surface area (Å²) in [5.74, 6) is 0.907. The molecule has 5 heteroatoms. The molecule has 0 bridgehead atoms. The van der Waals surface area contributed by atoms with Gasteiger partial charge in [0.2, 0.25) is 9.04 Å². The van der Waals surface area contributed by atoms with Crippen molar-refractivity contribution in [3.8, 4) is 5.75 Å². The number of para-hydroxylation sites is 1. The molecule has 0 saturated carbocycles. The van der Waals surface area contributed by atoms with Gasteiger partial charge in [-0.05, 0) is 31.6 Å². The van der Waals surface area contributed by atoms with Gasteiger partial charge in [-0.25, -0.2) is 0 Å². The molecule has 0 amide bonds. The molecular weight excluding hydrogens is 266 g/mol. The quantitative estimate of drug-likeness (QED) is 0.626. The Hall–Kier alpha value is -2.01. The molecule has 1 heterocycles. The predicted octanol–water partition coefficient (Wildman–Crippen LogP) is 3.09. The third-order valence-corrected chi connectivity index (χ3v) is 3.40. The molecule has 0 saturated heterocycles. The molecule has 4 nitrogen and oxygen atoms in total. The van der Waals surface area contributed by atoms with Gasteiger partial charge in [0.15, 0.2) is 0 Å². The van der Waals surface area contributed by atoms with E-state index in [-0.39, 0.29) is 0 Å². The summed E-state index contributed by atoms with van der Waals surface area (Å²) >= 11 is 0. The molecule has 0 unspecified atom stereocenters. The normalized spacial score (nSPS) is 11.2. The molecule has 0 aliphatic rings. The second kappa shape index (κ2) is 6.95. The second-order valence-corrected chi connectivity index (χ2v) is 7.14. The molecular formula is C15H19N3OSi. The Morgan fingerprint density at radius 1 is 1.30 bits per heavy atom. The van der Waals surface area contributed by atoms with Gasteiger partial charge in [0.05, 0.1) is 5.69 Å². The Labute approximate surface area is 121 Å². The summed E-state index contributed by atoms with van der Waals surface area (Å²) in [6, 6.07) is 6.03. The highest BCUT2D eigenvalue weighted by Gasteiger charge is 2.07. The third-order valence-electron chi connectivity index (χ3n) is 2.69. The van der Waals surface area contributed by atoms with Gasteiger partial charge in [0.1, 0.15) is 11.4 Å². The first-order chi connectivity index (χ1) is 9.66. The van der Waals surface area contributed by atoms with Crippen LogP contribution in [0.3, 0.4) is 0 Å². The summed E-state index contributed by atoms with van der Waals surface area (Å²) in [6.45, 7) is 6.35. The van der Waals surface area contributed by atoms with Gasteiger partial charge >= 0.3 is 0 Å². The zero-order chi connectivity index (χ0) is 14.4. The summed E-state index contributed by atoms with van der Waals surface area (Å²) in [5.41, 5.74) is 2.92. The lowest BCUT2D eigenvalue weighted by atomic mass is 10.2. The third kappa shape index (κ3) is 3.99. The van der Waals surface area contributed by atoms with Crippen LogP contribution >= 0.6 is 0 Å². The van der Waals surface area contributed by atoms with Gasteiger partial charge < -0.3 is 4.43 Å². The molecule has 0 aliphatic carbocycles. The molecule has 2 rings (SSSR count). The van der Waals surface area contributed by atoms with Gasteiger partial charge in [-0.3, -0.25) is 15.0 Å². The SMILES string of the molecule is Cc1cccc(N=CCc2cnccn2)c1O[SiH](C)C. The Bertz CT molecular complexity index is 585. The molecule has 20 heavy (non-hydrogen) atoms. The monoisotopic (exact) mass is 285 g/mol. The van der Waals surface area contributed by atoms with Gasteiger partial charge in [0.25, 0.3) is 0 Å². The van der Waals surface area contributed by atoms with E-state index in [9.17, 15) is 0 Å². The van der Waals surface area contributed by atoms with Gasteiger partial charge in [0, 0.05) is 31.2 Å². The molecule has 1 aromatic carbocycles. The van der Waals surface area contributed by atoms with Crippen LogP contribution in [0.15, 0.2) is 41.8 Å². The van der Waals surface area contributed by atoms with Gasteiger partial charge in [-0.15, -0.1) is 0 Å². The van der Waals surface area contributed by atoms with Crippen molar-refractivity contribution in [2.24, 2.45) is 4.99 Å². The molecule has 1 aromatic heterocycles. The fourth-order valence-electron chi connectivity index (χ4n) is 1.80. The summed E-state index contributed by atoms with van der Waals surface area (Å²) in [4.78, 5) is 12.8. The van der Waals surface area contributed by atoms with E-state index in [1.54, 1.807) is 18.6 Å². The Morgan fingerprint density at radius 3 is 2.85 bits per heavy atom. The Kier molecular flexibility index (Phi) is 5.01. The van der Waals surface area contributed by atoms with Crippen molar-refractivity contribution in [1.29, 1.82) is 0 Å². The van der Waals surface area contributed by atoms with Crippen LogP contribution in [-0.4, -0.2) is 25.2 Å². The fraction of sp³-hybridized carbons (Fsp3) is 0.267. The van der Waals surface area contributed by atoms with Crippen molar-refractivity contribution in [2.45, 2.75) is 26.4 Å². The Balaban J connectivity index is 2.14. The van der Waals surface area contributed by atoms with Crippen molar-refractivity contribution in [3.05, 3.63) is 48.0 Å². The van der Waals surface area contributed by atoms with E-state index in [2.05, 4.69) is 28.1 Å². The van der Waals surface area contributed by atoms with Crippen LogP contribution in [0.2, 0.25) is 13.1 Å². The average Bonchev–Trinajstić information content (AvgIpc) is 2.43. The highest BCUT2D eigenvalue weighted by molar-refractivity contribution is 6.49. The minimum Gasteiger partial charge on any atom is -0.545 e. The molecule has 0 fully saturated rings. The van der Waals surface area contributed by atoms with Crippen LogP contribution < -0.4 is 4.43 Å². The zero-order valence-corrected chi connectivity index (χ0v) is 13.2. The summed E-state index contributed by atoms with van der Waals surface area (Å²) < 4.78 is 5.98. The first kappa shape index (κ1) is 14.4. The van der Waals surface area contributed by atoms with Crippen molar-refractivity contribution in [2.75, 3.05) is 0 Å². The fourth-order valence-corrected chi connectivity index (χ4v) is 2.58. The molecule has 0 aliphatic heterocycles. The number of aliphatic imine (C=N–C) groups is 1. The van der Waals surface area contributed by atoms with E-state index in [1.807, 2.05) is 31.3 Å². The number of hydrogen-bond acceptors (Lipinski definition) is 4. The summed E-state index contributed by atoms with van der Waals surface area (Å²) in [5, 5.41) is 0. The van der Waals surface area contributed by atoms with E-state index >= 15 is 0 Å². The van der Waals surface area contributed by atoms with Gasteiger partial charge in [-0.1, -0.05) is 12.1 Å². The smallest absolute Gasteiger partial charge is 0.229 e. The molecule has 0 atom stereocenters. The predicted molar refractivity (Wildman–Crippen MR) is 84.6 cm³/mol. The molecule has 0 spiro atoms. The highest BCUT2D eigenvalue weighted by Crippen LogP contribution is 2.31. The summed E-state index contributed by atoms with van der Waals surface area (Å²) in [7, 11) is -1.14. The number of rotatable bonds is 5. The largest absolute Gasteiger partial charge is 0.545 e. The maximum atomic E-state index is 5.98. The molecule has 0 N–H and O–H groups in total. The van der Waals surface area contributed by atoms with Crippen molar-refractivity contribution < 1.29 is 4.43 Å². The number of benzene rings is 1. The van der Waals surface area contributed by atoms with Crippen LogP contribution in [0.4, 0.5) is 5.69 Å². The Morgan fingerprint density at radius 2 is 2.15 bits per heavy atom.